The van der Waals surface area contributed by atoms with Crippen LogP contribution >= 0.6 is 0 Å². The molecule has 3 rings (SSSR count). The van der Waals surface area contributed by atoms with Gasteiger partial charge in [-0.1, -0.05) is 36.4 Å². The van der Waals surface area contributed by atoms with E-state index in [0.29, 0.717) is 5.56 Å². The normalized spacial score (nSPS) is 10.2. The van der Waals surface area contributed by atoms with Gasteiger partial charge in [0, 0.05) is 30.2 Å². The molecule has 0 radical (unpaired) electrons. The first kappa shape index (κ1) is 17.4. The molecule has 5 heteroatoms. The highest BCUT2D eigenvalue weighted by atomic mass is 16.2. The van der Waals surface area contributed by atoms with Gasteiger partial charge in [0.05, 0.1) is 0 Å². The zero-order chi connectivity index (χ0) is 18.5. The number of hydrogen-bond donors (Lipinski definition) is 1. The number of para-hydroxylation sites is 2. The molecular weight excluding hydrogens is 326 g/mol. The quantitative estimate of drug-likeness (QED) is 0.779. The molecule has 0 fully saturated rings. The molecular formula is C21H19N3O2. The largest absolute Gasteiger partial charge is 0.320 e. The summed E-state index contributed by atoms with van der Waals surface area (Å²) in [6, 6.07) is 19.9. The third-order valence-electron chi connectivity index (χ3n) is 4.08. The predicted octanol–water partition coefficient (Wildman–Crippen LogP) is 3.92. The van der Waals surface area contributed by atoms with E-state index in [0.717, 1.165) is 16.9 Å². The van der Waals surface area contributed by atoms with Crippen molar-refractivity contribution in [3.05, 3.63) is 89.7 Å². The van der Waals surface area contributed by atoms with Crippen LogP contribution in [-0.2, 0) is 0 Å². The van der Waals surface area contributed by atoms with Gasteiger partial charge >= 0.3 is 0 Å². The number of amides is 2. The van der Waals surface area contributed by atoms with E-state index in [4.69, 9.17) is 0 Å². The third kappa shape index (κ3) is 3.78. The Kier molecular flexibility index (Phi) is 5.08. The Balaban J connectivity index is 1.80. The maximum absolute atomic E-state index is 12.7. The van der Waals surface area contributed by atoms with Crippen LogP contribution in [0.3, 0.4) is 0 Å². The van der Waals surface area contributed by atoms with Crippen molar-refractivity contribution < 1.29 is 9.59 Å². The molecule has 0 spiro atoms. The molecule has 1 heterocycles. The van der Waals surface area contributed by atoms with Gasteiger partial charge in [-0.3, -0.25) is 14.6 Å². The summed E-state index contributed by atoms with van der Waals surface area (Å²) in [6.45, 7) is 1.91. The molecule has 5 nitrogen and oxygen atoms in total. The Hall–Kier alpha value is -3.47. The van der Waals surface area contributed by atoms with Crippen molar-refractivity contribution in [2.24, 2.45) is 0 Å². The molecule has 130 valence electrons. The van der Waals surface area contributed by atoms with Crippen LogP contribution in [0.5, 0.6) is 0 Å². The third-order valence-corrected chi connectivity index (χ3v) is 4.08. The highest BCUT2D eigenvalue weighted by Gasteiger charge is 2.16. The number of anilines is 2. The number of nitrogens with one attached hydrogen (secondary N) is 1. The van der Waals surface area contributed by atoms with Gasteiger partial charge in [-0.25, -0.2) is 0 Å². The maximum atomic E-state index is 12.7. The van der Waals surface area contributed by atoms with Crippen LogP contribution in [0.2, 0.25) is 0 Å². The van der Waals surface area contributed by atoms with Crippen molar-refractivity contribution in [2.45, 2.75) is 6.92 Å². The molecule has 26 heavy (non-hydrogen) atoms. The molecule has 0 aliphatic carbocycles. The molecule has 2 aromatic carbocycles. The minimum Gasteiger partial charge on any atom is -0.320 e. The van der Waals surface area contributed by atoms with Gasteiger partial charge in [0.15, 0.2) is 0 Å². The lowest BCUT2D eigenvalue weighted by Gasteiger charge is -2.17. The highest BCUT2D eigenvalue weighted by Crippen LogP contribution is 2.17. The van der Waals surface area contributed by atoms with E-state index in [9.17, 15) is 9.59 Å². The first-order valence-corrected chi connectivity index (χ1v) is 8.22. The Labute approximate surface area is 152 Å². The molecule has 3 aromatic rings. The van der Waals surface area contributed by atoms with Gasteiger partial charge in [-0.2, -0.15) is 0 Å². The number of hydrogen-bond acceptors (Lipinski definition) is 3. The molecule has 0 saturated heterocycles. The average Bonchev–Trinajstić information content (AvgIpc) is 2.69. The average molecular weight is 345 g/mol. The number of nitrogens with zero attached hydrogens (tertiary/aromatic N) is 2. The van der Waals surface area contributed by atoms with Crippen molar-refractivity contribution in [2.75, 3.05) is 17.3 Å². The first-order valence-electron chi connectivity index (χ1n) is 8.22. The fourth-order valence-electron chi connectivity index (χ4n) is 2.55. The summed E-state index contributed by atoms with van der Waals surface area (Å²) < 4.78 is 0. The summed E-state index contributed by atoms with van der Waals surface area (Å²) in [5, 5.41) is 2.83. The SMILES string of the molecule is Cc1ccccc1NC(=O)c1cc(C(=O)N(C)c2ccccc2)ccn1. The lowest BCUT2D eigenvalue weighted by atomic mass is 10.1. The van der Waals surface area contributed by atoms with Gasteiger partial charge in [0.1, 0.15) is 5.69 Å². The Bertz CT molecular complexity index is 939. The Morgan fingerprint density at radius 3 is 2.38 bits per heavy atom. The number of aryl methyl sites for hydroxylation is 1. The molecule has 0 saturated carbocycles. The number of benzene rings is 2. The zero-order valence-electron chi connectivity index (χ0n) is 14.6. The van der Waals surface area contributed by atoms with E-state index in [1.165, 1.54) is 12.3 Å². The summed E-state index contributed by atoms with van der Waals surface area (Å²) in [5.74, 6) is -0.556. The molecule has 0 aliphatic rings. The highest BCUT2D eigenvalue weighted by molar-refractivity contribution is 6.08. The molecule has 0 unspecified atom stereocenters. The predicted molar refractivity (Wildman–Crippen MR) is 103 cm³/mol. The van der Waals surface area contributed by atoms with E-state index in [2.05, 4.69) is 10.3 Å². The topological polar surface area (TPSA) is 62.3 Å². The van der Waals surface area contributed by atoms with Gasteiger partial charge in [-0.15, -0.1) is 0 Å². The second-order valence-electron chi connectivity index (χ2n) is 5.90. The van der Waals surface area contributed by atoms with Crippen LogP contribution in [0, 0.1) is 6.92 Å². The van der Waals surface area contributed by atoms with Gasteiger partial charge < -0.3 is 10.2 Å². The van der Waals surface area contributed by atoms with Crippen LogP contribution in [0.15, 0.2) is 72.9 Å². The van der Waals surface area contributed by atoms with Crippen LogP contribution in [0.4, 0.5) is 11.4 Å². The van der Waals surface area contributed by atoms with E-state index in [1.54, 1.807) is 18.0 Å². The standard InChI is InChI=1S/C21H19N3O2/c1-15-8-6-7-11-18(15)23-20(25)19-14-16(12-13-22-19)21(26)24(2)17-9-4-3-5-10-17/h3-14H,1-2H3,(H,23,25). The number of aromatic nitrogens is 1. The molecule has 1 N–H and O–H groups in total. The summed E-state index contributed by atoms with van der Waals surface area (Å²) in [5.41, 5.74) is 3.05. The summed E-state index contributed by atoms with van der Waals surface area (Å²) in [7, 11) is 1.70. The van der Waals surface area contributed by atoms with Crippen molar-refractivity contribution in [1.29, 1.82) is 0 Å². The van der Waals surface area contributed by atoms with Crippen molar-refractivity contribution in [3.63, 3.8) is 0 Å². The van der Waals surface area contributed by atoms with Gasteiger partial charge in [-0.05, 0) is 42.8 Å². The van der Waals surface area contributed by atoms with Crippen LogP contribution in [-0.4, -0.2) is 23.8 Å². The van der Waals surface area contributed by atoms with Crippen LogP contribution < -0.4 is 10.2 Å². The van der Waals surface area contributed by atoms with E-state index < -0.39 is 0 Å². The Morgan fingerprint density at radius 1 is 0.962 bits per heavy atom. The first-order chi connectivity index (χ1) is 12.6. The van der Waals surface area contributed by atoms with E-state index in [-0.39, 0.29) is 17.5 Å². The molecule has 0 bridgehead atoms. The van der Waals surface area contributed by atoms with Crippen molar-refractivity contribution in [3.8, 4) is 0 Å². The molecule has 0 aliphatic heterocycles. The van der Waals surface area contributed by atoms with Crippen LogP contribution in [0.1, 0.15) is 26.4 Å². The van der Waals surface area contributed by atoms with E-state index >= 15 is 0 Å². The lowest BCUT2D eigenvalue weighted by Crippen LogP contribution is -2.26. The fourth-order valence-corrected chi connectivity index (χ4v) is 2.55. The minimum absolute atomic E-state index is 0.195. The molecule has 1 aromatic heterocycles. The summed E-state index contributed by atoms with van der Waals surface area (Å²) >= 11 is 0. The smallest absolute Gasteiger partial charge is 0.274 e. The monoisotopic (exact) mass is 345 g/mol. The number of carbonyl (C=O) groups excluding carboxylic acids is 2. The Morgan fingerprint density at radius 2 is 1.65 bits per heavy atom. The van der Waals surface area contributed by atoms with Crippen LogP contribution in [0.25, 0.3) is 0 Å². The van der Waals surface area contributed by atoms with Gasteiger partial charge in [0.25, 0.3) is 11.8 Å². The maximum Gasteiger partial charge on any atom is 0.274 e. The molecule has 0 atom stereocenters. The van der Waals surface area contributed by atoms with Gasteiger partial charge in [0.2, 0.25) is 0 Å². The number of rotatable bonds is 4. The minimum atomic E-state index is -0.351. The number of pyridine rings is 1. The van der Waals surface area contributed by atoms with Crippen molar-refractivity contribution >= 4 is 23.2 Å². The van der Waals surface area contributed by atoms with Crippen molar-refractivity contribution in [1.82, 2.24) is 4.98 Å². The summed E-state index contributed by atoms with van der Waals surface area (Å²) in [6.07, 6.45) is 1.47. The zero-order valence-corrected chi connectivity index (χ0v) is 14.6. The molecule has 2 amide bonds. The lowest BCUT2D eigenvalue weighted by molar-refractivity contribution is 0.0993. The van der Waals surface area contributed by atoms with E-state index in [1.807, 2.05) is 61.5 Å². The second-order valence-corrected chi connectivity index (χ2v) is 5.90. The summed E-state index contributed by atoms with van der Waals surface area (Å²) in [4.78, 5) is 30.8. The fraction of sp³-hybridized carbons (Fsp3) is 0.0952. The second kappa shape index (κ2) is 7.61. The number of carbonyl (C=O) groups is 2.